The van der Waals surface area contributed by atoms with Crippen LogP contribution < -0.4 is 9.80 Å². The number of aryl methyl sites for hydroxylation is 2. The van der Waals surface area contributed by atoms with Crippen molar-refractivity contribution in [1.82, 2.24) is 0 Å². The Balaban J connectivity index is 1.89. The molecule has 158 valence electrons. The Hall–Kier alpha value is -3.38. The maximum Gasteiger partial charge on any atom is 0.214 e. The van der Waals surface area contributed by atoms with Gasteiger partial charge in [-0.15, -0.1) is 0 Å². The first-order valence-electron chi connectivity index (χ1n) is 9.94. The van der Waals surface area contributed by atoms with Gasteiger partial charge < -0.3 is 9.80 Å². The van der Waals surface area contributed by atoms with E-state index in [9.17, 15) is 13.2 Å². The lowest BCUT2D eigenvalue weighted by Crippen LogP contribution is -2.26. The number of carbonyl (C=O) groups excluding carboxylic acids is 1. The lowest BCUT2D eigenvalue weighted by atomic mass is 10.0. The molecule has 0 fully saturated rings. The second kappa shape index (κ2) is 7.71. The number of Topliss-reactive ketones (excluding diaryl/α,β-unsaturated/α-hetero) is 1. The summed E-state index contributed by atoms with van der Waals surface area (Å²) >= 11 is 0. The van der Waals surface area contributed by atoms with E-state index in [1.807, 2.05) is 69.2 Å². The van der Waals surface area contributed by atoms with Crippen molar-refractivity contribution < 1.29 is 13.2 Å². The van der Waals surface area contributed by atoms with E-state index in [1.54, 1.807) is 35.2 Å². The fourth-order valence-electron chi connectivity index (χ4n) is 3.76. The quantitative estimate of drug-likeness (QED) is 0.542. The van der Waals surface area contributed by atoms with Gasteiger partial charge in [-0.05, 0) is 55.8 Å². The molecule has 0 unspecified atom stereocenters. The van der Waals surface area contributed by atoms with Gasteiger partial charge in [0.05, 0.1) is 10.6 Å². The molecule has 0 bridgehead atoms. The van der Waals surface area contributed by atoms with Gasteiger partial charge in [-0.2, -0.15) is 0 Å². The normalized spacial score (nSPS) is 14.6. The highest BCUT2D eigenvalue weighted by molar-refractivity contribution is 7.96. The Morgan fingerprint density at radius 2 is 1.58 bits per heavy atom. The molecule has 0 amide bonds. The molecular weight excluding hydrogens is 408 g/mol. The molecule has 3 aromatic carbocycles. The summed E-state index contributed by atoms with van der Waals surface area (Å²) < 4.78 is 26.8. The van der Waals surface area contributed by atoms with Gasteiger partial charge in [0.1, 0.15) is 4.91 Å². The van der Waals surface area contributed by atoms with Gasteiger partial charge in [0.15, 0.2) is 0 Å². The minimum absolute atomic E-state index is 0.127. The van der Waals surface area contributed by atoms with E-state index < -0.39 is 15.6 Å². The van der Waals surface area contributed by atoms with Gasteiger partial charge in [-0.3, -0.25) is 4.79 Å². The van der Waals surface area contributed by atoms with Gasteiger partial charge >= 0.3 is 0 Å². The third kappa shape index (κ3) is 3.64. The van der Waals surface area contributed by atoms with Crippen LogP contribution >= 0.6 is 0 Å². The molecular formula is C25H24N2O3S. The summed E-state index contributed by atoms with van der Waals surface area (Å²) in [4.78, 5) is 17.1. The summed E-state index contributed by atoms with van der Waals surface area (Å²) in [6.07, 6.45) is 1.45. The van der Waals surface area contributed by atoms with Gasteiger partial charge in [0, 0.05) is 37.2 Å². The van der Waals surface area contributed by atoms with E-state index in [4.69, 9.17) is 0 Å². The molecule has 31 heavy (non-hydrogen) atoms. The van der Waals surface area contributed by atoms with E-state index in [-0.39, 0.29) is 9.80 Å². The van der Waals surface area contributed by atoms with Crippen LogP contribution in [-0.4, -0.2) is 28.3 Å². The highest BCUT2D eigenvalue weighted by Crippen LogP contribution is 2.40. The number of carbonyl (C=O) groups is 1. The molecule has 3 aromatic rings. The predicted octanol–water partition coefficient (Wildman–Crippen LogP) is 5.02. The van der Waals surface area contributed by atoms with Crippen molar-refractivity contribution >= 4 is 32.7 Å². The van der Waals surface area contributed by atoms with Gasteiger partial charge in [0.25, 0.3) is 0 Å². The predicted molar refractivity (Wildman–Crippen MR) is 125 cm³/mol. The lowest BCUT2D eigenvalue weighted by molar-refractivity contribution is 0.104. The minimum Gasteiger partial charge on any atom is -0.378 e. The molecule has 1 heterocycles. The van der Waals surface area contributed by atoms with Crippen molar-refractivity contribution in [3.8, 4) is 0 Å². The Morgan fingerprint density at radius 1 is 0.903 bits per heavy atom. The first-order valence-corrected chi connectivity index (χ1v) is 11.4. The molecule has 5 nitrogen and oxygen atoms in total. The molecule has 1 aliphatic rings. The number of hydrogen-bond donors (Lipinski definition) is 0. The molecule has 0 saturated carbocycles. The van der Waals surface area contributed by atoms with E-state index >= 15 is 0 Å². The minimum atomic E-state index is -3.96. The van der Waals surface area contributed by atoms with Crippen molar-refractivity contribution in [2.75, 3.05) is 23.9 Å². The summed E-state index contributed by atoms with van der Waals surface area (Å²) in [5, 5.41) is 0. The van der Waals surface area contributed by atoms with Crippen LogP contribution in [0.1, 0.15) is 21.5 Å². The summed E-state index contributed by atoms with van der Waals surface area (Å²) in [5.74, 6) is -0.498. The average Bonchev–Trinajstić information content (AvgIpc) is 2.74. The Morgan fingerprint density at radius 3 is 2.23 bits per heavy atom. The Labute approximate surface area is 183 Å². The van der Waals surface area contributed by atoms with Crippen LogP contribution in [0.4, 0.5) is 17.1 Å². The number of allylic oxidation sites excluding steroid dienone is 1. The smallest absolute Gasteiger partial charge is 0.214 e. The van der Waals surface area contributed by atoms with Crippen LogP contribution in [0.25, 0.3) is 0 Å². The van der Waals surface area contributed by atoms with Gasteiger partial charge in [0.2, 0.25) is 15.6 Å². The van der Waals surface area contributed by atoms with Crippen molar-refractivity contribution in [1.29, 1.82) is 0 Å². The second-order valence-electron chi connectivity index (χ2n) is 7.89. The first-order chi connectivity index (χ1) is 14.7. The fraction of sp³-hybridized carbons (Fsp3) is 0.160. The highest BCUT2D eigenvalue weighted by Gasteiger charge is 2.36. The van der Waals surface area contributed by atoms with Crippen LogP contribution in [0.15, 0.2) is 82.7 Å². The third-order valence-corrected chi connectivity index (χ3v) is 7.24. The van der Waals surface area contributed by atoms with Crippen LogP contribution in [0.2, 0.25) is 0 Å². The molecule has 6 heteroatoms. The summed E-state index contributed by atoms with van der Waals surface area (Å²) in [5.41, 5.74) is 4.49. The topological polar surface area (TPSA) is 57.7 Å². The van der Waals surface area contributed by atoms with E-state index in [2.05, 4.69) is 0 Å². The maximum absolute atomic E-state index is 13.4. The molecule has 0 radical (unpaired) electrons. The molecule has 1 aliphatic heterocycles. The van der Waals surface area contributed by atoms with Crippen molar-refractivity contribution in [3.05, 3.63) is 94.5 Å². The molecule has 0 saturated heterocycles. The lowest BCUT2D eigenvalue weighted by Gasteiger charge is -2.29. The van der Waals surface area contributed by atoms with Crippen molar-refractivity contribution in [2.45, 2.75) is 18.7 Å². The number of benzene rings is 3. The summed E-state index contributed by atoms with van der Waals surface area (Å²) in [6, 6.07) is 19.9. The zero-order chi connectivity index (χ0) is 22.3. The van der Waals surface area contributed by atoms with Gasteiger partial charge in [-0.1, -0.05) is 35.9 Å². The first kappa shape index (κ1) is 20.9. The molecule has 4 rings (SSSR count). The molecule has 0 aromatic heterocycles. The number of hydrogen-bond acceptors (Lipinski definition) is 5. The van der Waals surface area contributed by atoms with Crippen LogP contribution in [0.3, 0.4) is 0 Å². The number of nitrogens with zero attached hydrogens (tertiary/aromatic N) is 2. The van der Waals surface area contributed by atoms with Crippen molar-refractivity contribution in [3.63, 3.8) is 0 Å². The highest BCUT2D eigenvalue weighted by atomic mass is 32.2. The van der Waals surface area contributed by atoms with E-state index in [1.165, 1.54) is 6.20 Å². The average molecular weight is 433 g/mol. The number of para-hydroxylation sites is 1. The molecule has 0 N–H and O–H groups in total. The fourth-order valence-corrected chi connectivity index (χ4v) is 5.30. The number of ketones is 1. The number of sulfone groups is 1. The Kier molecular flexibility index (Phi) is 5.19. The SMILES string of the molecule is Cc1ccc(C(=O)C2=CN(c3ccc(N(C)C)cc3)c3ccccc3S2(=O)=O)c(C)c1. The molecule has 0 spiro atoms. The molecule has 0 aliphatic carbocycles. The monoisotopic (exact) mass is 432 g/mol. The number of fused-ring (bicyclic) bond motifs is 1. The van der Waals surface area contributed by atoms with E-state index in [0.29, 0.717) is 11.3 Å². The molecule has 0 atom stereocenters. The van der Waals surface area contributed by atoms with Crippen LogP contribution in [0.5, 0.6) is 0 Å². The summed E-state index contributed by atoms with van der Waals surface area (Å²) in [7, 11) is -0.0445. The standard InChI is InChI=1S/C25H24N2O3S/c1-17-9-14-21(18(2)15-17)25(28)24-16-27(20-12-10-19(11-13-20)26(3)4)22-7-5-6-8-23(22)31(24,29)30/h5-16H,1-4H3. The number of rotatable bonds is 4. The van der Waals surface area contributed by atoms with Gasteiger partial charge in [-0.25, -0.2) is 8.42 Å². The zero-order valence-electron chi connectivity index (χ0n) is 18.0. The Bertz CT molecular complexity index is 1310. The van der Waals surface area contributed by atoms with E-state index in [0.717, 1.165) is 22.5 Å². The van der Waals surface area contributed by atoms with Crippen molar-refractivity contribution in [2.24, 2.45) is 0 Å². The zero-order valence-corrected chi connectivity index (χ0v) is 18.8. The van der Waals surface area contributed by atoms with Crippen LogP contribution in [0, 0.1) is 13.8 Å². The van der Waals surface area contributed by atoms with Crippen LogP contribution in [-0.2, 0) is 9.84 Å². The summed E-state index contributed by atoms with van der Waals surface area (Å²) in [6.45, 7) is 3.76. The third-order valence-electron chi connectivity index (χ3n) is 5.44. The maximum atomic E-state index is 13.4. The number of anilines is 3. The second-order valence-corrected chi connectivity index (χ2v) is 9.78. The largest absolute Gasteiger partial charge is 0.378 e.